The molecule has 2 heterocycles. The van der Waals surface area contributed by atoms with Crippen LogP contribution in [0.15, 0.2) is 22.7 Å². The normalized spacial score (nSPS) is 19.5. The summed E-state index contributed by atoms with van der Waals surface area (Å²) in [6.45, 7) is 1.85. The predicted octanol–water partition coefficient (Wildman–Crippen LogP) is 3.27. The van der Waals surface area contributed by atoms with Crippen LogP contribution in [0.3, 0.4) is 0 Å². The highest BCUT2D eigenvalue weighted by molar-refractivity contribution is 8.06. The van der Waals surface area contributed by atoms with E-state index >= 15 is 0 Å². The van der Waals surface area contributed by atoms with Crippen LogP contribution < -0.4 is 0 Å². The number of hydrogen-bond acceptors (Lipinski definition) is 6. The van der Waals surface area contributed by atoms with Crippen LogP contribution in [-0.4, -0.2) is 32.5 Å². The van der Waals surface area contributed by atoms with E-state index in [4.69, 9.17) is 4.52 Å². The molecule has 0 saturated carbocycles. The van der Waals surface area contributed by atoms with E-state index < -0.39 is 0 Å². The summed E-state index contributed by atoms with van der Waals surface area (Å²) in [6, 6.07) is 5.33. The quantitative estimate of drug-likeness (QED) is 0.917. The third-order valence-electron chi connectivity index (χ3n) is 3.08. The van der Waals surface area contributed by atoms with Crippen molar-refractivity contribution in [2.75, 3.05) is 17.3 Å². The van der Waals surface area contributed by atoms with E-state index in [1.807, 2.05) is 36.5 Å². The van der Waals surface area contributed by atoms with Crippen molar-refractivity contribution in [1.82, 2.24) is 10.1 Å². The number of phenols is 1. The first-order valence-electron chi connectivity index (χ1n) is 6.07. The number of phenolic OH excluding ortho intramolecular Hbond substituents is 1. The number of rotatable bonds is 2. The molecule has 1 aliphatic rings. The minimum atomic E-state index is 0.250. The summed E-state index contributed by atoms with van der Waals surface area (Å²) >= 11 is 3.80. The monoisotopic (exact) mass is 294 g/mol. The Morgan fingerprint density at radius 3 is 3.05 bits per heavy atom. The van der Waals surface area contributed by atoms with Crippen molar-refractivity contribution in [2.45, 2.75) is 12.2 Å². The second kappa shape index (κ2) is 5.46. The van der Waals surface area contributed by atoms with E-state index in [1.165, 1.54) is 5.75 Å². The zero-order chi connectivity index (χ0) is 13.2. The lowest BCUT2D eigenvalue weighted by Crippen LogP contribution is -2.07. The molecule has 19 heavy (non-hydrogen) atoms. The second-order valence-electron chi connectivity index (χ2n) is 4.34. The van der Waals surface area contributed by atoms with Crippen LogP contribution in [0, 0.1) is 6.92 Å². The fourth-order valence-electron chi connectivity index (χ4n) is 1.97. The number of aromatic nitrogens is 2. The van der Waals surface area contributed by atoms with Crippen LogP contribution in [-0.2, 0) is 0 Å². The van der Waals surface area contributed by atoms with Crippen LogP contribution in [0.1, 0.15) is 16.6 Å². The molecule has 1 unspecified atom stereocenters. The fourth-order valence-corrected chi connectivity index (χ4v) is 4.56. The highest BCUT2D eigenvalue weighted by Gasteiger charge is 2.23. The average molecular weight is 294 g/mol. The van der Waals surface area contributed by atoms with Gasteiger partial charge in [0, 0.05) is 28.4 Å². The van der Waals surface area contributed by atoms with Gasteiger partial charge in [-0.15, -0.1) is 11.8 Å². The standard InChI is InChI=1S/C13H14N2O2S2/c1-8-9(3-2-4-10(8)16)13-14-12(15-17-13)11-7-18-5-6-19-11/h2-4,11,16H,5-7H2,1H3. The van der Waals surface area contributed by atoms with Crippen LogP contribution in [0.2, 0.25) is 0 Å². The maximum atomic E-state index is 9.72. The first-order chi connectivity index (χ1) is 9.25. The van der Waals surface area contributed by atoms with E-state index in [1.54, 1.807) is 12.1 Å². The Bertz CT molecular complexity index is 580. The number of benzene rings is 1. The third kappa shape index (κ3) is 2.60. The third-order valence-corrected chi connectivity index (χ3v) is 5.83. The molecule has 1 aromatic carbocycles. The van der Waals surface area contributed by atoms with Gasteiger partial charge in [0.15, 0.2) is 5.82 Å². The lowest BCUT2D eigenvalue weighted by molar-refractivity contribution is 0.422. The lowest BCUT2D eigenvalue weighted by atomic mass is 10.1. The Hall–Kier alpha value is -1.14. The van der Waals surface area contributed by atoms with Gasteiger partial charge in [0.25, 0.3) is 5.89 Å². The predicted molar refractivity (Wildman–Crippen MR) is 78.7 cm³/mol. The highest BCUT2D eigenvalue weighted by atomic mass is 32.2. The van der Waals surface area contributed by atoms with Gasteiger partial charge in [-0.1, -0.05) is 11.2 Å². The Balaban J connectivity index is 1.90. The molecule has 100 valence electrons. The van der Waals surface area contributed by atoms with E-state index in [9.17, 15) is 5.11 Å². The van der Waals surface area contributed by atoms with Gasteiger partial charge < -0.3 is 9.63 Å². The largest absolute Gasteiger partial charge is 0.508 e. The van der Waals surface area contributed by atoms with Gasteiger partial charge in [-0.05, 0) is 19.1 Å². The van der Waals surface area contributed by atoms with Crippen molar-refractivity contribution < 1.29 is 9.63 Å². The number of thioether (sulfide) groups is 2. The van der Waals surface area contributed by atoms with Crippen molar-refractivity contribution in [3.05, 3.63) is 29.6 Å². The summed E-state index contributed by atoms with van der Waals surface area (Å²) in [4.78, 5) is 4.48. The van der Waals surface area contributed by atoms with Crippen LogP contribution in [0.25, 0.3) is 11.5 Å². The van der Waals surface area contributed by atoms with E-state index in [0.29, 0.717) is 11.1 Å². The molecule has 0 radical (unpaired) electrons. The first kappa shape index (κ1) is 12.9. The van der Waals surface area contributed by atoms with E-state index in [0.717, 1.165) is 28.5 Å². The van der Waals surface area contributed by atoms with Gasteiger partial charge >= 0.3 is 0 Å². The van der Waals surface area contributed by atoms with Crippen LogP contribution >= 0.6 is 23.5 Å². The molecule has 1 atom stereocenters. The second-order valence-corrected chi connectivity index (χ2v) is 6.80. The van der Waals surface area contributed by atoms with Crippen LogP contribution in [0.4, 0.5) is 0 Å². The number of aromatic hydroxyl groups is 1. The first-order valence-corrected chi connectivity index (χ1v) is 8.28. The maximum Gasteiger partial charge on any atom is 0.258 e. The summed E-state index contributed by atoms with van der Waals surface area (Å²) in [5, 5.41) is 14.1. The van der Waals surface area contributed by atoms with Crippen molar-refractivity contribution >= 4 is 23.5 Å². The average Bonchev–Trinajstić information content (AvgIpc) is 2.92. The summed E-state index contributed by atoms with van der Waals surface area (Å²) < 4.78 is 5.34. The molecular formula is C13H14N2O2S2. The molecule has 2 aromatic rings. The van der Waals surface area contributed by atoms with Gasteiger partial charge in [-0.25, -0.2) is 0 Å². The summed E-state index contributed by atoms with van der Waals surface area (Å²) in [6.07, 6.45) is 0. The molecule has 0 aliphatic carbocycles. The zero-order valence-electron chi connectivity index (χ0n) is 10.5. The molecule has 3 rings (SSSR count). The summed E-state index contributed by atoms with van der Waals surface area (Å²) in [5.74, 6) is 4.85. The molecule has 1 saturated heterocycles. The van der Waals surface area contributed by atoms with Crippen molar-refractivity contribution in [1.29, 1.82) is 0 Å². The van der Waals surface area contributed by atoms with E-state index in [2.05, 4.69) is 10.1 Å². The van der Waals surface area contributed by atoms with Gasteiger partial charge in [-0.3, -0.25) is 0 Å². The molecule has 6 heteroatoms. The highest BCUT2D eigenvalue weighted by Crippen LogP contribution is 2.36. The van der Waals surface area contributed by atoms with Crippen molar-refractivity contribution in [2.24, 2.45) is 0 Å². The smallest absolute Gasteiger partial charge is 0.258 e. The minimum Gasteiger partial charge on any atom is -0.508 e. The van der Waals surface area contributed by atoms with Gasteiger partial charge in [0.1, 0.15) is 5.75 Å². The molecule has 1 fully saturated rings. The molecule has 1 aliphatic heterocycles. The maximum absolute atomic E-state index is 9.72. The number of hydrogen-bond donors (Lipinski definition) is 1. The summed E-state index contributed by atoms with van der Waals surface area (Å²) in [7, 11) is 0. The molecule has 4 nitrogen and oxygen atoms in total. The molecular weight excluding hydrogens is 280 g/mol. The molecule has 0 amide bonds. The molecule has 1 aromatic heterocycles. The van der Waals surface area contributed by atoms with Crippen molar-refractivity contribution in [3.63, 3.8) is 0 Å². The molecule has 0 spiro atoms. The lowest BCUT2D eigenvalue weighted by Gasteiger charge is -2.16. The topological polar surface area (TPSA) is 59.2 Å². The Kier molecular flexibility index (Phi) is 3.70. The SMILES string of the molecule is Cc1c(O)cccc1-c1nc(C2CSCCS2)no1. The molecule has 0 bridgehead atoms. The van der Waals surface area contributed by atoms with Gasteiger partial charge in [-0.2, -0.15) is 16.7 Å². The Labute approximate surface area is 120 Å². The zero-order valence-corrected chi connectivity index (χ0v) is 12.1. The van der Waals surface area contributed by atoms with Gasteiger partial charge in [0.05, 0.1) is 5.25 Å². The Morgan fingerprint density at radius 2 is 2.26 bits per heavy atom. The Morgan fingerprint density at radius 1 is 1.37 bits per heavy atom. The van der Waals surface area contributed by atoms with Crippen molar-refractivity contribution in [3.8, 4) is 17.2 Å². The fraction of sp³-hybridized carbons (Fsp3) is 0.385. The number of nitrogens with zero attached hydrogens (tertiary/aromatic N) is 2. The van der Waals surface area contributed by atoms with Crippen LogP contribution in [0.5, 0.6) is 5.75 Å². The minimum absolute atomic E-state index is 0.250. The summed E-state index contributed by atoms with van der Waals surface area (Å²) in [5.41, 5.74) is 1.57. The molecule has 1 N–H and O–H groups in total. The van der Waals surface area contributed by atoms with Gasteiger partial charge in [0.2, 0.25) is 0 Å². The van der Waals surface area contributed by atoms with E-state index in [-0.39, 0.29) is 5.75 Å².